The van der Waals surface area contributed by atoms with Gasteiger partial charge in [0.25, 0.3) is 0 Å². The zero-order valence-corrected chi connectivity index (χ0v) is 20.0. The molecule has 0 saturated heterocycles. The molecule has 3 aromatic rings. The molecular formula is C23H21ClFN3O2S2. The van der Waals surface area contributed by atoms with E-state index in [1.165, 1.54) is 29.5 Å². The molecule has 9 heteroatoms. The quantitative estimate of drug-likeness (QED) is 0.286. The Kier molecular flexibility index (Phi) is 7.71. The second-order valence-corrected chi connectivity index (χ2v) is 10.4. The Labute approximate surface area is 198 Å². The van der Waals surface area contributed by atoms with E-state index >= 15 is 0 Å². The largest absolute Gasteiger partial charge is 0.476 e. The van der Waals surface area contributed by atoms with Crippen molar-refractivity contribution in [2.75, 3.05) is 0 Å². The van der Waals surface area contributed by atoms with Crippen molar-refractivity contribution in [3.05, 3.63) is 70.6 Å². The van der Waals surface area contributed by atoms with E-state index in [4.69, 9.17) is 17.3 Å². The normalized spacial score (nSPS) is 12.8. The number of carbonyl (C=O) groups is 1. The number of benzene rings is 2. The summed E-state index contributed by atoms with van der Waals surface area (Å²) in [5.41, 5.74) is 7.87. The van der Waals surface area contributed by atoms with Crippen LogP contribution in [0.4, 0.5) is 9.52 Å². The van der Waals surface area contributed by atoms with Gasteiger partial charge in [0.1, 0.15) is 5.82 Å². The van der Waals surface area contributed by atoms with E-state index in [-0.39, 0.29) is 27.4 Å². The molecule has 1 aromatic heterocycles. The lowest BCUT2D eigenvalue weighted by Crippen LogP contribution is -2.18. The molecule has 0 bridgehead atoms. The molecule has 0 spiro atoms. The third-order valence-electron chi connectivity index (χ3n) is 4.18. The lowest BCUT2D eigenvalue weighted by Gasteiger charge is -2.10. The lowest BCUT2D eigenvalue weighted by atomic mass is 9.99. The topological polar surface area (TPSA) is 88.6 Å². The molecule has 166 valence electrons. The highest BCUT2D eigenvalue weighted by Gasteiger charge is 2.22. The van der Waals surface area contributed by atoms with Crippen LogP contribution in [0.25, 0.3) is 16.8 Å². The number of thiazole rings is 1. The average Bonchev–Trinajstić information content (AvgIpc) is 3.09. The van der Waals surface area contributed by atoms with Crippen molar-refractivity contribution >= 4 is 57.1 Å². The highest BCUT2D eigenvalue weighted by Crippen LogP contribution is 2.42. The van der Waals surface area contributed by atoms with Crippen LogP contribution in [0.2, 0.25) is 5.02 Å². The second-order valence-electron chi connectivity index (χ2n) is 7.14. The van der Waals surface area contributed by atoms with Crippen LogP contribution in [0.15, 0.2) is 63.4 Å². The number of hydrogen-bond acceptors (Lipinski definition) is 6. The van der Waals surface area contributed by atoms with Crippen molar-refractivity contribution in [2.45, 2.75) is 30.2 Å². The molecule has 2 aromatic carbocycles. The summed E-state index contributed by atoms with van der Waals surface area (Å²) in [6.07, 6.45) is 0. The number of allylic oxidation sites excluding steroid dienone is 1. The summed E-state index contributed by atoms with van der Waals surface area (Å²) < 4.78 is 14.7. The molecule has 0 unspecified atom stereocenters. The molecule has 0 aliphatic carbocycles. The molecule has 0 radical (unpaired) electrons. The Morgan fingerprint density at radius 2 is 1.97 bits per heavy atom. The zero-order valence-electron chi connectivity index (χ0n) is 17.6. The predicted octanol–water partition coefficient (Wildman–Crippen LogP) is 6.65. The maximum Gasteiger partial charge on any atom is 0.355 e. The number of aliphatic imine (C=N–C) groups is 1. The molecular weight excluding hydrogens is 469 g/mol. The maximum atomic E-state index is 13.8. The summed E-state index contributed by atoms with van der Waals surface area (Å²) in [5, 5.41) is 11.0. The fourth-order valence-electron chi connectivity index (χ4n) is 2.96. The van der Waals surface area contributed by atoms with E-state index in [9.17, 15) is 14.3 Å². The molecule has 32 heavy (non-hydrogen) atoms. The van der Waals surface area contributed by atoms with Gasteiger partial charge in [-0.05, 0) is 36.8 Å². The van der Waals surface area contributed by atoms with Crippen LogP contribution in [0, 0.1) is 5.82 Å². The minimum absolute atomic E-state index is 0.148. The lowest BCUT2D eigenvalue weighted by molar-refractivity contribution is -0.129. The number of nitrogens with zero attached hydrogens (tertiary/aromatic N) is 2. The molecule has 0 amide bonds. The van der Waals surface area contributed by atoms with E-state index in [0.717, 1.165) is 9.77 Å². The summed E-state index contributed by atoms with van der Waals surface area (Å²) in [4.78, 5) is 21.1. The summed E-state index contributed by atoms with van der Waals surface area (Å²) in [7, 11) is 0. The fraction of sp³-hybridized carbons (Fsp3) is 0.174. The smallest absolute Gasteiger partial charge is 0.355 e. The SMILES string of the molecule is CC(N)=C(C(=Nc1nc(-c2cccc(Cl)c2)c(SC(C)C)s1)C(=O)O)c1cccc(F)c1. The highest BCUT2D eigenvalue weighted by molar-refractivity contribution is 8.01. The number of hydrogen-bond donors (Lipinski definition) is 2. The standard InChI is InChI=1S/C23H21ClFN3O2S2/c1-12(2)31-22-19(15-7-4-8-16(24)10-15)27-23(32-22)28-20(21(29)30)18(13(3)26)14-6-5-9-17(25)11-14/h4-12H,26H2,1-3H3,(H,29,30). The summed E-state index contributed by atoms with van der Waals surface area (Å²) in [6, 6.07) is 12.9. The second kappa shape index (κ2) is 10.3. The monoisotopic (exact) mass is 489 g/mol. The van der Waals surface area contributed by atoms with Crippen molar-refractivity contribution in [3.63, 3.8) is 0 Å². The van der Waals surface area contributed by atoms with Crippen LogP contribution in [0.1, 0.15) is 26.3 Å². The minimum Gasteiger partial charge on any atom is -0.476 e. The summed E-state index contributed by atoms with van der Waals surface area (Å²) >= 11 is 9.04. The van der Waals surface area contributed by atoms with Gasteiger partial charge in [0, 0.05) is 27.1 Å². The van der Waals surface area contributed by atoms with Crippen LogP contribution in [-0.4, -0.2) is 27.0 Å². The van der Waals surface area contributed by atoms with Gasteiger partial charge in [-0.1, -0.05) is 61.1 Å². The number of aliphatic carboxylic acids is 1. The number of carboxylic acid groups (broad SMARTS) is 1. The number of nitrogens with two attached hydrogens (primary N) is 1. The van der Waals surface area contributed by atoms with E-state index in [1.54, 1.807) is 36.9 Å². The van der Waals surface area contributed by atoms with E-state index < -0.39 is 11.8 Å². The molecule has 3 N–H and O–H groups in total. The van der Waals surface area contributed by atoms with Crippen molar-refractivity contribution in [1.29, 1.82) is 0 Å². The van der Waals surface area contributed by atoms with Crippen molar-refractivity contribution in [3.8, 4) is 11.3 Å². The van der Waals surface area contributed by atoms with Crippen LogP contribution < -0.4 is 5.73 Å². The first-order valence-electron chi connectivity index (χ1n) is 9.63. The van der Waals surface area contributed by atoms with Gasteiger partial charge in [-0.3, -0.25) is 0 Å². The number of aromatic nitrogens is 1. The summed E-state index contributed by atoms with van der Waals surface area (Å²) in [5.74, 6) is -1.79. The highest BCUT2D eigenvalue weighted by atomic mass is 35.5. The molecule has 3 rings (SSSR count). The predicted molar refractivity (Wildman–Crippen MR) is 131 cm³/mol. The van der Waals surface area contributed by atoms with E-state index in [0.29, 0.717) is 16.3 Å². The molecule has 0 atom stereocenters. The molecule has 5 nitrogen and oxygen atoms in total. The van der Waals surface area contributed by atoms with Crippen LogP contribution in [0.3, 0.4) is 0 Å². The van der Waals surface area contributed by atoms with Gasteiger partial charge >= 0.3 is 5.97 Å². The first-order valence-corrected chi connectivity index (χ1v) is 11.7. The van der Waals surface area contributed by atoms with Crippen molar-refractivity contribution < 1.29 is 14.3 Å². The van der Waals surface area contributed by atoms with Crippen LogP contribution in [0.5, 0.6) is 0 Å². The first kappa shape index (κ1) is 24.0. The third kappa shape index (κ3) is 5.76. The zero-order chi connectivity index (χ0) is 23.4. The Balaban J connectivity index is 2.17. The Morgan fingerprint density at radius 1 is 1.25 bits per heavy atom. The number of halogens is 2. The number of thioether (sulfide) groups is 1. The minimum atomic E-state index is -1.29. The summed E-state index contributed by atoms with van der Waals surface area (Å²) in [6.45, 7) is 5.67. The van der Waals surface area contributed by atoms with Gasteiger partial charge in [-0.15, -0.1) is 11.8 Å². The van der Waals surface area contributed by atoms with Crippen LogP contribution >= 0.6 is 34.7 Å². The third-order valence-corrected chi connectivity index (χ3v) is 6.58. The fourth-order valence-corrected chi connectivity index (χ4v) is 5.54. The molecule has 0 aliphatic rings. The van der Waals surface area contributed by atoms with E-state index in [2.05, 4.69) is 23.8 Å². The van der Waals surface area contributed by atoms with Gasteiger partial charge in [0.2, 0.25) is 5.13 Å². The number of rotatable bonds is 7. The van der Waals surface area contributed by atoms with Crippen molar-refractivity contribution in [1.82, 2.24) is 4.98 Å². The Bertz CT molecular complexity index is 1220. The number of carboxylic acids is 1. The van der Waals surface area contributed by atoms with Gasteiger partial charge in [-0.25, -0.2) is 19.2 Å². The van der Waals surface area contributed by atoms with Crippen molar-refractivity contribution in [2.24, 2.45) is 10.7 Å². The van der Waals surface area contributed by atoms with Crippen LogP contribution in [-0.2, 0) is 4.79 Å². The van der Waals surface area contributed by atoms with Gasteiger partial charge < -0.3 is 10.8 Å². The Hall–Kier alpha value is -2.68. The average molecular weight is 490 g/mol. The maximum absolute atomic E-state index is 13.8. The molecule has 1 heterocycles. The molecule has 0 aliphatic heterocycles. The van der Waals surface area contributed by atoms with Gasteiger partial charge in [-0.2, -0.15) is 0 Å². The van der Waals surface area contributed by atoms with E-state index in [1.807, 2.05) is 12.1 Å². The van der Waals surface area contributed by atoms with Gasteiger partial charge in [0.15, 0.2) is 5.71 Å². The molecule has 0 fully saturated rings. The first-order chi connectivity index (χ1) is 15.2. The van der Waals surface area contributed by atoms with Gasteiger partial charge in [0.05, 0.1) is 9.90 Å². The molecule has 0 saturated carbocycles. The Morgan fingerprint density at radius 3 is 2.56 bits per heavy atom.